The maximum absolute atomic E-state index is 5.43. The zero-order valence-corrected chi connectivity index (χ0v) is 9.93. The topological polar surface area (TPSA) is 12.5 Å². The van der Waals surface area contributed by atoms with Gasteiger partial charge >= 0.3 is 0 Å². The van der Waals surface area contributed by atoms with Crippen molar-refractivity contribution in [3.63, 3.8) is 0 Å². The number of methoxy groups -OCH3 is 1. The molecule has 0 aromatic rings. The molecule has 14 heavy (non-hydrogen) atoms. The third kappa shape index (κ3) is 2.44. The Labute approximate surface area is 92.4 Å². The van der Waals surface area contributed by atoms with Crippen LogP contribution in [0.1, 0.15) is 25.7 Å². The van der Waals surface area contributed by atoms with E-state index < -0.39 is 0 Å². The van der Waals surface area contributed by atoms with Crippen molar-refractivity contribution in [1.82, 2.24) is 4.90 Å². The van der Waals surface area contributed by atoms with Gasteiger partial charge in [0.05, 0.1) is 6.10 Å². The lowest BCUT2D eigenvalue weighted by molar-refractivity contribution is 0.0255. The quantitative estimate of drug-likeness (QED) is 0.718. The molecule has 0 spiro atoms. The van der Waals surface area contributed by atoms with Crippen molar-refractivity contribution in [3.8, 4) is 0 Å². The van der Waals surface area contributed by atoms with E-state index in [-0.39, 0.29) is 0 Å². The van der Waals surface area contributed by atoms with E-state index in [2.05, 4.69) is 17.5 Å². The molecule has 1 atom stereocenters. The van der Waals surface area contributed by atoms with Gasteiger partial charge in [0.1, 0.15) is 0 Å². The first-order valence-corrected chi connectivity index (χ1v) is 6.27. The first-order chi connectivity index (χ1) is 6.78. The van der Waals surface area contributed by atoms with E-state index in [1.54, 1.807) is 0 Å². The number of ether oxygens (including phenoxy) is 1. The molecule has 2 rings (SSSR count). The van der Waals surface area contributed by atoms with Crippen molar-refractivity contribution < 1.29 is 4.74 Å². The van der Waals surface area contributed by atoms with Crippen LogP contribution in [-0.2, 0) is 4.74 Å². The van der Waals surface area contributed by atoms with Gasteiger partial charge in [-0.05, 0) is 43.4 Å². The van der Waals surface area contributed by atoms with Crippen LogP contribution in [0, 0.1) is 5.41 Å². The molecule has 1 aliphatic carbocycles. The number of likely N-dealkylation sites (tertiary alicyclic amines) is 1. The Kier molecular flexibility index (Phi) is 3.40. The van der Waals surface area contributed by atoms with E-state index in [0.29, 0.717) is 11.5 Å². The minimum absolute atomic E-state index is 0.472. The summed E-state index contributed by atoms with van der Waals surface area (Å²) in [6, 6.07) is 0. The third-order valence-corrected chi connectivity index (χ3v) is 4.32. The van der Waals surface area contributed by atoms with Gasteiger partial charge in [0.2, 0.25) is 0 Å². The molecule has 1 unspecified atom stereocenters. The number of rotatable bonds is 4. The fourth-order valence-electron chi connectivity index (χ4n) is 2.37. The van der Waals surface area contributed by atoms with Gasteiger partial charge in [-0.1, -0.05) is 0 Å². The van der Waals surface area contributed by atoms with Crippen LogP contribution >= 0.6 is 12.6 Å². The molecule has 2 nitrogen and oxygen atoms in total. The van der Waals surface area contributed by atoms with Crippen LogP contribution in [0.25, 0.3) is 0 Å². The Balaban J connectivity index is 1.80. The fourth-order valence-corrected chi connectivity index (χ4v) is 2.78. The Morgan fingerprint density at radius 3 is 2.86 bits per heavy atom. The van der Waals surface area contributed by atoms with Crippen molar-refractivity contribution in [2.24, 2.45) is 5.41 Å². The fraction of sp³-hybridized carbons (Fsp3) is 1.00. The van der Waals surface area contributed by atoms with Crippen LogP contribution in [0.3, 0.4) is 0 Å². The van der Waals surface area contributed by atoms with Crippen molar-refractivity contribution in [1.29, 1.82) is 0 Å². The Morgan fingerprint density at radius 2 is 2.29 bits per heavy atom. The van der Waals surface area contributed by atoms with Crippen molar-refractivity contribution in [3.05, 3.63) is 0 Å². The second kappa shape index (κ2) is 4.42. The van der Waals surface area contributed by atoms with E-state index in [0.717, 1.165) is 12.3 Å². The van der Waals surface area contributed by atoms with Gasteiger partial charge < -0.3 is 9.64 Å². The summed E-state index contributed by atoms with van der Waals surface area (Å²) in [4.78, 5) is 2.57. The summed E-state index contributed by atoms with van der Waals surface area (Å²) in [6.07, 6.45) is 5.76. The SMILES string of the molecule is COC1CCCN(CC2(CS)CC2)C1. The largest absolute Gasteiger partial charge is 0.380 e. The number of nitrogens with zero attached hydrogens (tertiary/aromatic N) is 1. The molecule has 2 aliphatic rings. The van der Waals surface area contributed by atoms with Crippen LogP contribution in [0.2, 0.25) is 0 Å². The number of thiol groups is 1. The molecule has 0 radical (unpaired) electrons. The van der Waals surface area contributed by atoms with Crippen LogP contribution < -0.4 is 0 Å². The minimum Gasteiger partial charge on any atom is -0.380 e. The van der Waals surface area contributed by atoms with Gasteiger partial charge in [0.15, 0.2) is 0 Å². The van der Waals surface area contributed by atoms with Crippen LogP contribution in [0.15, 0.2) is 0 Å². The first-order valence-electron chi connectivity index (χ1n) is 5.64. The van der Waals surface area contributed by atoms with Crippen LogP contribution in [-0.4, -0.2) is 43.5 Å². The summed E-state index contributed by atoms with van der Waals surface area (Å²) in [5.74, 6) is 1.06. The lowest BCUT2D eigenvalue weighted by Gasteiger charge is -2.34. The second-order valence-corrected chi connectivity index (χ2v) is 5.21. The highest BCUT2D eigenvalue weighted by atomic mass is 32.1. The summed E-state index contributed by atoms with van der Waals surface area (Å²) in [5.41, 5.74) is 0.568. The van der Waals surface area contributed by atoms with Crippen molar-refractivity contribution in [2.45, 2.75) is 31.8 Å². The van der Waals surface area contributed by atoms with E-state index >= 15 is 0 Å². The van der Waals surface area contributed by atoms with Crippen LogP contribution in [0.4, 0.5) is 0 Å². The van der Waals surface area contributed by atoms with E-state index in [1.165, 1.54) is 38.8 Å². The Hall–Kier alpha value is 0.270. The number of hydrogen-bond acceptors (Lipinski definition) is 3. The molecule has 0 aromatic heterocycles. The van der Waals surface area contributed by atoms with E-state index in [1.807, 2.05) is 7.11 Å². The summed E-state index contributed by atoms with van der Waals surface area (Å²) in [7, 11) is 1.83. The number of hydrogen-bond donors (Lipinski definition) is 1. The highest BCUT2D eigenvalue weighted by Crippen LogP contribution is 2.47. The molecule has 1 saturated heterocycles. The lowest BCUT2D eigenvalue weighted by Crippen LogP contribution is -2.42. The maximum atomic E-state index is 5.43. The molecule has 3 heteroatoms. The minimum atomic E-state index is 0.472. The molecule has 1 heterocycles. The standard InChI is InChI=1S/C11H21NOS/c1-13-10-3-2-6-12(7-10)8-11(9-14)4-5-11/h10,14H,2-9H2,1H3. The molecule has 2 fully saturated rings. The smallest absolute Gasteiger partial charge is 0.0698 e. The van der Waals surface area contributed by atoms with Gasteiger partial charge in [-0.25, -0.2) is 0 Å². The normalized spacial score (nSPS) is 31.7. The molecule has 0 N–H and O–H groups in total. The average Bonchev–Trinajstić information content (AvgIpc) is 2.99. The summed E-state index contributed by atoms with van der Waals surface area (Å²) < 4.78 is 5.43. The monoisotopic (exact) mass is 215 g/mol. The number of piperidine rings is 1. The van der Waals surface area contributed by atoms with Crippen molar-refractivity contribution >= 4 is 12.6 Å². The predicted octanol–water partition coefficient (Wildman–Crippen LogP) is 1.81. The lowest BCUT2D eigenvalue weighted by atomic mass is 10.0. The second-order valence-electron chi connectivity index (χ2n) is 4.89. The molecule has 0 bridgehead atoms. The van der Waals surface area contributed by atoms with Crippen LogP contribution in [0.5, 0.6) is 0 Å². The van der Waals surface area contributed by atoms with Gasteiger partial charge in [0, 0.05) is 20.2 Å². The first kappa shape index (κ1) is 10.8. The summed E-state index contributed by atoms with van der Waals surface area (Å²) in [5, 5.41) is 0. The van der Waals surface area contributed by atoms with E-state index in [9.17, 15) is 0 Å². The van der Waals surface area contributed by atoms with Gasteiger partial charge in [-0.3, -0.25) is 0 Å². The highest BCUT2D eigenvalue weighted by Gasteiger charge is 2.42. The third-order valence-electron chi connectivity index (χ3n) is 3.65. The maximum Gasteiger partial charge on any atom is 0.0698 e. The summed E-state index contributed by atoms with van der Waals surface area (Å²) >= 11 is 4.45. The highest BCUT2D eigenvalue weighted by molar-refractivity contribution is 7.80. The molecule has 0 amide bonds. The van der Waals surface area contributed by atoms with Gasteiger partial charge in [-0.2, -0.15) is 12.6 Å². The molecule has 1 aliphatic heterocycles. The molecule has 82 valence electrons. The zero-order valence-electron chi connectivity index (χ0n) is 9.04. The average molecular weight is 215 g/mol. The molecule has 1 saturated carbocycles. The molecular formula is C11H21NOS. The van der Waals surface area contributed by atoms with Crippen molar-refractivity contribution in [2.75, 3.05) is 32.5 Å². The molecule has 0 aromatic carbocycles. The summed E-state index contributed by atoms with van der Waals surface area (Å²) in [6.45, 7) is 3.64. The van der Waals surface area contributed by atoms with Gasteiger partial charge in [-0.15, -0.1) is 0 Å². The predicted molar refractivity (Wildman–Crippen MR) is 62.0 cm³/mol. The van der Waals surface area contributed by atoms with Gasteiger partial charge in [0.25, 0.3) is 0 Å². The molecular weight excluding hydrogens is 194 g/mol. The Bertz CT molecular complexity index is 194. The zero-order chi connectivity index (χ0) is 10.0. The van der Waals surface area contributed by atoms with E-state index in [4.69, 9.17) is 4.74 Å². The Morgan fingerprint density at radius 1 is 1.50 bits per heavy atom.